The fourth-order valence-electron chi connectivity index (χ4n) is 2.99. The molecule has 1 saturated heterocycles. The van der Waals surface area contributed by atoms with Gasteiger partial charge in [0.15, 0.2) is 5.43 Å². The summed E-state index contributed by atoms with van der Waals surface area (Å²) in [5.41, 5.74) is 1.24. The molecule has 0 saturated carbocycles. The number of hydrogen-bond donors (Lipinski definition) is 0. The van der Waals surface area contributed by atoms with Crippen molar-refractivity contribution in [3.05, 3.63) is 51.6 Å². The van der Waals surface area contributed by atoms with E-state index in [4.69, 9.17) is 11.6 Å². The Morgan fingerprint density at radius 1 is 0.952 bits per heavy atom. The van der Waals surface area contributed by atoms with Crippen LogP contribution in [-0.4, -0.2) is 13.1 Å². The van der Waals surface area contributed by atoms with Gasteiger partial charge >= 0.3 is 0 Å². The monoisotopic (exact) mass is 315 g/mol. The molecule has 4 rings (SSSR count). The molecule has 1 aromatic heterocycles. The summed E-state index contributed by atoms with van der Waals surface area (Å²) in [4.78, 5) is 15.1. The van der Waals surface area contributed by atoms with E-state index in [0.29, 0.717) is 5.02 Å². The third-order valence-electron chi connectivity index (χ3n) is 4.09. The molecule has 0 unspecified atom stereocenters. The van der Waals surface area contributed by atoms with E-state index in [0.717, 1.165) is 38.9 Å². The van der Waals surface area contributed by atoms with Crippen LogP contribution in [-0.2, 0) is 0 Å². The van der Waals surface area contributed by atoms with E-state index in [9.17, 15) is 4.79 Å². The van der Waals surface area contributed by atoms with E-state index in [1.165, 1.54) is 12.8 Å². The Labute approximate surface area is 131 Å². The first kappa shape index (κ1) is 13.1. The van der Waals surface area contributed by atoms with Crippen LogP contribution in [0.15, 0.2) is 41.2 Å². The number of rotatable bonds is 1. The largest absolute Gasteiger partial charge is 0.372 e. The number of nitrogens with zero attached hydrogens (tertiary/aromatic N) is 1. The molecular weight excluding hydrogens is 302 g/mol. The zero-order valence-electron chi connectivity index (χ0n) is 11.4. The molecule has 0 spiro atoms. The molecular formula is C17H14ClNOS. The Morgan fingerprint density at radius 3 is 2.38 bits per heavy atom. The maximum absolute atomic E-state index is 12.7. The third-order valence-corrected chi connectivity index (χ3v) is 5.47. The van der Waals surface area contributed by atoms with Gasteiger partial charge in [0.2, 0.25) is 0 Å². The number of benzene rings is 2. The number of fused-ring (bicyclic) bond motifs is 2. The van der Waals surface area contributed by atoms with E-state index >= 15 is 0 Å². The zero-order valence-corrected chi connectivity index (χ0v) is 13.0. The summed E-state index contributed by atoms with van der Waals surface area (Å²) in [6, 6.07) is 11.8. The van der Waals surface area contributed by atoms with Crippen LogP contribution in [0.5, 0.6) is 0 Å². The minimum Gasteiger partial charge on any atom is -0.372 e. The predicted octanol–water partition coefficient (Wildman–Crippen LogP) is 4.67. The lowest BCUT2D eigenvalue weighted by Crippen LogP contribution is -2.17. The minimum absolute atomic E-state index is 0.0855. The van der Waals surface area contributed by atoms with Crippen molar-refractivity contribution in [1.29, 1.82) is 0 Å². The quantitative estimate of drug-likeness (QED) is 0.608. The highest BCUT2D eigenvalue weighted by molar-refractivity contribution is 7.24. The second kappa shape index (κ2) is 5.00. The first-order chi connectivity index (χ1) is 10.2. The molecule has 1 fully saturated rings. The molecule has 1 aliphatic heterocycles. The van der Waals surface area contributed by atoms with Gasteiger partial charge in [0.05, 0.1) is 0 Å². The van der Waals surface area contributed by atoms with Crippen molar-refractivity contribution in [3.8, 4) is 0 Å². The summed E-state index contributed by atoms with van der Waals surface area (Å²) in [5, 5.41) is 2.14. The molecule has 4 heteroatoms. The van der Waals surface area contributed by atoms with Crippen LogP contribution in [0.1, 0.15) is 12.8 Å². The van der Waals surface area contributed by atoms with Gasteiger partial charge in [0.1, 0.15) is 0 Å². The van der Waals surface area contributed by atoms with Gasteiger partial charge in [-0.3, -0.25) is 4.79 Å². The first-order valence-corrected chi connectivity index (χ1v) is 8.33. The summed E-state index contributed by atoms with van der Waals surface area (Å²) < 4.78 is 2.03. The van der Waals surface area contributed by atoms with Gasteiger partial charge < -0.3 is 4.90 Å². The number of anilines is 1. The summed E-state index contributed by atoms with van der Waals surface area (Å²) >= 11 is 7.68. The molecule has 0 amide bonds. The summed E-state index contributed by atoms with van der Waals surface area (Å²) in [6.45, 7) is 2.17. The first-order valence-electron chi connectivity index (χ1n) is 7.13. The molecule has 2 heterocycles. The standard InChI is InChI=1S/C17H14ClNOS/c18-11-3-5-15-13(9-11)17(20)14-10-12(4-6-16(14)21-15)19-7-1-2-8-19/h3-6,9-10H,1-2,7-8H2. The molecule has 3 aromatic rings. The second-order valence-corrected chi connectivity index (χ2v) is 6.97. The van der Waals surface area contributed by atoms with Crippen LogP contribution in [0.3, 0.4) is 0 Å². The molecule has 0 aliphatic carbocycles. The van der Waals surface area contributed by atoms with Crippen LogP contribution in [0, 0.1) is 0 Å². The fourth-order valence-corrected chi connectivity index (χ4v) is 4.19. The Hall–Kier alpha value is -1.58. The number of hydrogen-bond acceptors (Lipinski definition) is 3. The Bertz CT molecular complexity index is 896. The molecule has 2 aromatic carbocycles. The molecule has 0 atom stereocenters. The minimum atomic E-state index is 0.0855. The van der Waals surface area contributed by atoms with Gasteiger partial charge in [-0.25, -0.2) is 0 Å². The van der Waals surface area contributed by atoms with E-state index in [1.54, 1.807) is 17.4 Å². The van der Waals surface area contributed by atoms with E-state index < -0.39 is 0 Å². The predicted molar refractivity (Wildman–Crippen MR) is 92.1 cm³/mol. The average Bonchev–Trinajstić information content (AvgIpc) is 3.02. The van der Waals surface area contributed by atoms with Gasteiger partial charge in [-0.2, -0.15) is 0 Å². The van der Waals surface area contributed by atoms with Gasteiger partial charge in [-0.1, -0.05) is 11.6 Å². The van der Waals surface area contributed by atoms with Crippen LogP contribution in [0.2, 0.25) is 5.02 Å². The van der Waals surface area contributed by atoms with Crippen LogP contribution >= 0.6 is 22.9 Å². The van der Waals surface area contributed by atoms with E-state index in [1.807, 2.05) is 18.2 Å². The van der Waals surface area contributed by atoms with Gasteiger partial charge in [0.25, 0.3) is 0 Å². The molecule has 1 aliphatic rings. The summed E-state index contributed by atoms with van der Waals surface area (Å²) in [6.07, 6.45) is 2.47. The van der Waals surface area contributed by atoms with Crippen molar-refractivity contribution in [3.63, 3.8) is 0 Å². The van der Waals surface area contributed by atoms with Gasteiger partial charge in [0, 0.05) is 44.0 Å². The highest BCUT2D eigenvalue weighted by Crippen LogP contribution is 2.30. The SMILES string of the molecule is O=c1c2cc(Cl)ccc2sc2ccc(N3CCCC3)cc12. The lowest BCUT2D eigenvalue weighted by Gasteiger charge is -2.17. The van der Waals surface area contributed by atoms with Crippen molar-refractivity contribution < 1.29 is 0 Å². The molecule has 0 bridgehead atoms. The Balaban J connectivity index is 1.99. The van der Waals surface area contributed by atoms with Crippen LogP contribution in [0.4, 0.5) is 5.69 Å². The molecule has 0 radical (unpaired) electrons. The second-order valence-electron chi connectivity index (χ2n) is 5.45. The third kappa shape index (κ3) is 2.21. The lowest BCUT2D eigenvalue weighted by molar-refractivity contribution is 0.949. The maximum atomic E-state index is 12.7. The molecule has 2 nitrogen and oxygen atoms in total. The average molecular weight is 316 g/mol. The number of halogens is 1. The highest BCUT2D eigenvalue weighted by Gasteiger charge is 2.14. The van der Waals surface area contributed by atoms with Gasteiger partial charge in [-0.05, 0) is 49.2 Å². The molecule has 21 heavy (non-hydrogen) atoms. The molecule has 106 valence electrons. The van der Waals surface area contributed by atoms with Crippen molar-refractivity contribution in [1.82, 2.24) is 0 Å². The molecule has 0 N–H and O–H groups in total. The Morgan fingerprint density at radius 2 is 1.62 bits per heavy atom. The smallest absolute Gasteiger partial charge is 0.195 e. The van der Waals surface area contributed by atoms with Crippen LogP contribution in [0.25, 0.3) is 20.2 Å². The van der Waals surface area contributed by atoms with Crippen molar-refractivity contribution >= 4 is 48.8 Å². The topological polar surface area (TPSA) is 20.3 Å². The van der Waals surface area contributed by atoms with E-state index in [-0.39, 0.29) is 5.43 Å². The van der Waals surface area contributed by atoms with Crippen LogP contribution < -0.4 is 10.3 Å². The van der Waals surface area contributed by atoms with Crippen molar-refractivity contribution in [2.45, 2.75) is 12.8 Å². The lowest BCUT2D eigenvalue weighted by atomic mass is 10.1. The zero-order chi connectivity index (χ0) is 14.4. The van der Waals surface area contributed by atoms with Gasteiger partial charge in [-0.15, -0.1) is 11.3 Å². The Kier molecular flexibility index (Phi) is 3.12. The van der Waals surface area contributed by atoms with Crippen molar-refractivity contribution in [2.75, 3.05) is 18.0 Å². The summed E-state index contributed by atoms with van der Waals surface area (Å²) in [5.74, 6) is 0. The highest BCUT2D eigenvalue weighted by atomic mass is 35.5. The maximum Gasteiger partial charge on any atom is 0.195 e. The van der Waals surface area contributed by atoms with E-state index in [2.05, 4.69) is 17.0 Å². The fraction of sp³-hybridized carbons (Fsp3) is 0.235. The van der Waals surface area contributed by atoms with Crippen molar-refractivity contribution in [2.24, 2.45) is 0 Å². The summed E-state index contributed by atoms with van der Waals surface area (Å²) in [7, 11) is 0. The normalized spacial score (nSPS) is 15.2.